The predicted molar refractivity (Wildman–Crippen MR) is 70.9 cm³/mol. The topological polar surface area (TPSA) is 51.5 Å². The van der Waals surface area contributed by atoms with Crippen LogP contribution in [0.4, 0.5) is 0 Å². The van der Waals surface area contributed by atoms with E-state index in [1.807, 2.05) is 30.3 Å². The first-order valence-corrected chi connectivity index (χ1v) is 7.59. The second-order valence-corrected chi connectivity index (χ2v) is 7.21. The molecule has 1 aromatic rings. The zero-order chi connectivity index (χ0) is 13.4. The third-order valence-electron chi connectivity index (χ3n) is 3.02. The number of benzene rings is 1. The molecule has 0 N–H and O–H groups in total. The third-order valence-corrected chi connectivity index (χ3v) is 6.13. The highest BCUT2D eigenvalue weighted by molar-refractivity contribution is 6.62. The van der Waals surface area contributed by atoms with Crippen LogP contribution in [0.2, 0.25) is 5.54 Å². The summed E-state index contributed by atoms with van der Waals surface area (Å²) < 4.78 is 16.4. The van der Waals surface area contributed by atoms with Gasteiger partial charge >= 0.3 is 8.80 Å². The molecule has 4 nitrogen and oxygen atoms in total. The summed E-state index contributed by atoms with van der Waals surface area (Å²) in [6.45, 7) is 0. The molecule has 0 saturated carbocycles. The average Bonchev–Trinajstić information content (AvgIpc) is 2.43. The van der Waals surface area contributed by atoms with Gasteiger partial charge in [-0.3, -0.25) is 0 Å². The summed E-state index contributed by atoms with van der Waals surface area (Å²) in [7, 11) is 1.96. The molecule has 1 unspecified atom stereocenters. The van der Waals surface area contributed by atoms with Crippen molar-refractivity contribution in [2.75, 3.05) is 21.3 Å². The molecular weight excluding hydrogens is 246 g/mol. The van der Waals surface area contributed by atoms with E-state index in [1.54, 1.807) is 21.3 Å². The van der Waals surface area contributed by atoms with Gasteiger partial charge in [-0.2, -0.15) is 5.26 Å². The number of hydrogen-bond acceptors (Lipinski definition) is 4. The molecule has 0 saturated heterocycles. The minimum atomic E-state index is -2.77. The first-order valence-electron chi connectivity index (χ1n) is 5.78. The van der Waals surface area contributed by atoms with E-state index >= 15 is 0 Å². The molecular formula is C13H19NO3Si. The van der Waals surface area contributed by atoms with Crippen LogP contribution in [-0.2, 0) is 19.7 Å². The van der Waals surface area contributed by atoms with Crippen LogP contribution in [0.25, 0.3) is 0 Å². The lowest BCUT2D eigenvalue weighted by molar-refractivity contribution is 0.111. The van der Waals surface area contributed by atoms with Crippen molar-refractivity contribution in [3.8, 4) is 6.07 Å². The average molecular weight is 265 g/mol. The highest BCUT2D eigenvalue weighted by Crippen LogP contribution is 2.30. The van der Waals surface area contributed by atoms with E-state index in [0.29, 0.717) is 6.42 Å². The predicted octanol–water partition coefficient (Wildman–Crippen LogP) is 2.39. The van der Waals surface area contributed by atoms with Crippen molar-refractivity contribution in [2.45, 2.75) is 18.4 Å². The van der Waals surface area contributed by atoms with Gasteiger partial charge in [-0.1, -0.05) is 30.3 Å². The molecule has 1 rings (SSSR count). The van der Waals surface area contributed by atoms with E-state index in [4.69, 9.17) is 18.5 Å². The smallest absolute Gasteiger partial charge is 0.377 e. The number of rotatable bonds is 7. The Kier molecular flexibility index (Phi) is 6.02. The van der Waals surface area contributed by atoms with Crippen LogP contribution in [-0.4, -0.2) is 30.1 Å². The molecule has 0 heterocycles. The molecule has 1 atom stereocenters. The van der Waals surface area contributed by atoms with Gasteiger partial charge in [0.2, 0.25) is 0 Å². The van der Waals surface area contributed by atoms with Gasteiger partial charge in [-0.15, -0.1) is 0 Å². The lowest BCUT2D eigenvalue weighted by Crippen LogP contribution is -2.48. The maximum atomic E-state index is 8.97. The van der Waals surface area contributed by atoms with Crippen molar-refractivity contribution in [3.63, 3.8) is 0 Å². The number of hydrogen-bond donors (Lipinski definition) is 0. The Morgan fingerprint density at radius 1 is 1.11 bits per heavy atom. The molecule has 18 heavy (non-hydrogen) atoms. The SMILES string of the molecule is CO[Si](OC)(OC)C(CC#N)Cc1ccccc1. The van der Waals surface area contributed by atoms with Crippen LogP contribution in [0.15, 0.2) is 30.3 Å². The van der Waals surface area contributed by atoms with E-state index in [0.717, 1.165) is 12.0 Å². The molecule has 0 aliphatic heterocycles. The van der Waals surface area contributed by atoms with E-state index in [9.17, 15) is 0 Å². The molecule has 0 amide bonds. The fourth-order valence-electron chi connectivity index (χ4n) is 2.08. The van der Waals surface area contributed by atoms with Crippen molar-refractivity contribution in [2.24, 2.45) is 0 Å². The summed E-state index contributed by atoms with van der Waals surface area (Å²) in [5, 5.41) is 8.97. The highest BCUT2D eigenvalue weighted by Gasteiger charge is 2.47. The first-order chi connectivity index (χ1) is 8.72. The molecule has 0 radical (unpaired) electrons. The minimum Gasteiger partial charge on any atom is -0.377 e. The van der Waals surface area contributed by atoms with E-state index < -0.39 is 8.80 Å². The minimum absolute atomic E-state index is 0.0510. The fraction of sp³-hybridized carbons (Fsp3) is 0.462. The van der Waals surface area contributed by atoms with Gasteiger partial charge in [0.15, 0.2) is 0 Å². The van der Waals surface area contributed by atoms with Crippen molar-refractivity contribution < 1.29 is 13.3 Å². The van der Waals surface area contributed by atoms with Crippen LogP contribution in [0.1, 0.15) is 12.0 Å². The monoisotopic (exact) mass is 265 g/mol. The Bertz CT molecular complexity index is 379. The second kappa shape index (κ2) is 7.29. The Balaban J connectivity index is 2.91. The van der Waals surface area contributed by atoms with Gasteiger partial charge in [0, 0.05) is 33.3 Å². The molecule has 98 valence electrons. The zero-order valence-corrected chi connectivity index (χ0v) is 12.1. The largest absolute Gasteiger partial charge is 0.504 e. The Hall–Kier alpha value is -1.19. The Labute approximate surface area is 109 Å². The van der Waals surface area contributed by atoms with Gasteiger partial charge in [0.05, 0.1) is 6.07 Å². The summed E-state index contributed by atoms with van der Waals surface area (Å²) in [4.78, 5) is 0. The van der Waals surface area contributed by atoms with Gasteiger partial charge in [-0.25, -0.2) is 0 Å². The third kappa shape index (κ3) is 3.40. The van der Waals surface area contributed by atoms with Gasteiger partial charge in [-0.05, 0) is 12.0 Å². The molecule has 0 spiro atoms. The lowest BCUT2D eigenvalue weighted by Gasteiger charge is -2.31. The lowest BCUT2D eigenvalue weighted by atomic mass is 10.1. The maximum absolute atomic E-state index is 8.97. The summed E-state index contributed by atoms with van der Waals surface area (Å²) >= 11 is 0. The van der Waals surface area contributed by atoms with E-state index in [1.165, 1.54) is 0 Å². The molecule has 0 fully saturated rings. The van der Waals surface area contributed by atoms with Gasteiger partial charge in [0.1, 0.15) is 0 Å². The first kappa shape index (κ1) is 14.9. The number of nitriles is 1. The maximum Gasteiger partial charge on any atom is 0.504 e. The van der Waals surface area contributed by atoms with Crippen molar-refractivity contribution >= 4 is 8.80 Å². The van der Waals surface area contributed by atoms with E-state index in [-0.39, 0.29) is 5.54 Å². The van der Waals surface area contributed by atoms with Crippen molar-refractivity contribution in [1.82, 2.24) is 0 Å². The van der Waals surface area contributed by atoms with Crippen LogP contribution < -0.4 is 0 Å². The number of nitrogens with zero attached hydrogens (tertiary/aromatic N) is 1. The fourth-order valence-corrected chi connectivity index (χ4v) is 4.41. The van der Waals surface area contributed by atoms with Crippen LogP contribution in [0, 0.1) is 11.3 Å². The molecule has 5 heteroatoms. The highest BCUT2D eigenvalue weighted by atomic mass is 28.4. The van der Waals surface area contributed by atoms with Crippen LogP contribution >= 0.6 is 0 Å². The normalized spacial score (nSPS) is 13.0. The van der Waals surface area contributed by atoms with E-state index in [2.05, 4.69) is 6.07 Å². The molecule has 0 aliphatic rings. The van der Waals surface area contributed by atoms with Gasteiger partial charge in [0.25, 0.3) is 0 Å². The summed E-state index contributed by atoms with van der Waals surface area (Å²) in [6, 6.07) is 12.2. The Morgan fingerprint density at radius 3 is 2.11 bits per heavy atom. The summed E-state index contributed by atoms with van der Waals surface area (Å²) in [5.74, 6) is 0. The van der Waals surface area contributed by atoms with Crippen LogP contribution in [0.5, 0.6) is 0 Å². The van der Waals surface area contributed by atoms with Crippen molar-refractivity contribution in [3.05, 3.63) is 35.9 Å². The molecule has 0 bridgehead atoms. The molecule has 0 aliphatic carbocycles. The zero-order valence-electron chi connectivity index (χ0n) is 11.1. The molecule has 1 aromatic carbocycles. The summed E-state index contributed by atoms with van der Waals surface area (Å²) in [5.41, 5.74) is 1.10. The van der Waals surface area contributed by atoms with Gasteiger partial charge < -0.3 is 13.3 Å². The quantitative estimate of drug-likeness (QED) is 0.710. The second-order valence-electron chi connectivity index (χ2n) is 3.96. The molecule has 0 aromatic heterocycles. The van der Waals surface area contributed by atoms with Crippen molar-refractivity contribution in [1.29, 1.82) is 5.26 Å². The summed E-state index contributed by atoms with van der Waals surface area (Å²) in [6.07, 6.45) is 1.08. The van der Waals surface area contributed by atoms with Crippen LogP contribution in [0.3, 0.4) is 0 Å². The standard InChI is InChI=1S/C13H19NO3Si/c1-15-18(16-2,17-3)13(9-10-14)11-12-7-5-4-6-8-12/h4-8,13H,9,11H2,1-3H3. The Morgan fingerprint density at radius 2 is 1.67 bits per heavy atom.